The summed E-state index contributed by atoms with van der Waals surface area (Å²) in [6.07, 6.45) is 1.93. The van der Waals surface area contributed by atoms with Crippen molar-refractivity contribution in [3.63, 3.8) is 0 Å². The molecule has 39 heavy (non-hydrogen) atoms. The Labute approximate surface area is 235 Å². The number of rotatable bonds is 8. The number of nitrogens with zero attached hydrogens (tertiary/aromatic N) is 2. The zero-order valence-corrected chi connectivity index (χ0v) is 24.0. The fourth-order valence-electron chi connectivity index (χ4n) is 4.43. The molecule has 0 saturated heterocycles. The van der Waals surface area contributed by atoms with E-state index in [1.54, 1.807) is 62.1 Å². The molecule has 3 amide bonds. The lowest BCUT2D eigenvalue weighted by Gasteiger charge is -2.35. The van der Waals surface area contributed by atoms with Gasteiger partial charge in [0.15, 0.2) is 0 Å². The predicted molar refractivity (Wildman–Crippen MR) is 155 cm³/mol. The van der Waals surface area contributed by atoms with Gasteiger partial charge in [-0.1, -0.05) is 55.6 Å². The van der Waals surface area contributed by atoms with Gasteiger partial charge in [-0.15, -0.1) is 0 Å². The Balaban J connectivity index is 1.97. The highest BCUT2D eigenvalue weighted by Gasteiger charge is 2.34. The summed E-state index contributed by atoms with van der Waals surface area (Å²) in [5.74, 6) is -1.12. The van der Waals surface area contributed by atoms with Crippen LogP contribution in [0.3, 0.4) is 0 Å². The summed E-state index contributed by atoms with van der Waals surface area (Å²) in [7, 11) is 0. The van der Waals surface area contributed by atoms with Crippen LogP contribution in [0.15, 0.2) is 64.8 Å². The van der Waals surface area contributed by atoms with E-state index in [2.05, 4.69) is 12.2 Å². The number of benzene rings is 2. The molecular formula is C30H37ClN4O4. The minimum Gasteiger partial charge on any atom is -0.444 e. The van der Waals surface area contributed by atoms with E-state index in [0.717, 1.165) is 30.5 Å². The van der Waals surface area contributed by atoms with Crippen molar-refractivity contribution in [1.29, 1.82) is 0 Å². The van der Waals surface area contributed by atoms with Gasteiger partial charge in [0.25, 0.3) is 5.91 Å². The molecule has 0 fully saturated rings. The highest BCUT2D eigenvalue weighted by Crippen LogP contribution is 2.31. The summed E-state index contributed by atoms with van der Waals surface area (Å²) >= 11 is 6.04. The van der Waals surface area contributed by atoms with Crippen LogP contribution in [0, 0.1) is 5.92 Å². The number of unbranched alkanes of at least 4 members (excludes halogenated alkanes) is 1. The van der Waals surface area contributed by atoms with Crippen LogP contribution >= 0.6 is 11.6 Å². The van der Waals surface area contributed by atoms with Crippen molar-refractivity contribution >= 4 is 40.9 Å². The van der Waals surface area contributed by atoms with Crippen molar-refractivity contribution in [2.24, 2.45) is 16.6 Å². The van der Waals surface area contributed by atoms with Crippen LogP contribution < -0.4 is 11.1 Å². The van der Waals surface area contributed by atoms with Crippen molar-refractivity contribution in [2.75, 3.05) is 18.4 Å². The zero-order chi connectivity index (χ0) is 28.7. The van der Waals surface area contributed by atoms with Gasteiger partial charge in [-0.2, -0.15) is 0 Å². The first kappa shape index (κ1) is 29.9. The Morgan fingerprint density at radius 2 is 1.79 bits per heavy atom. The molecule has 8 nitrogen and oxygen atoms in total. The number of anilines is 1. The number of halogens is 1. The molecule has 0 aromatic heterocycles. The van der Waals surface area contributed by atoms with E-state index in [1.165, 1.54) is 0 Å². The smallest absolute Gasteiger partial charge is 0.412 e. The molecule has 1 aliphatic heterocycles. The Morgan fingerprint density at radius 3 is 2.41 bits per heavy atom. The number of para-hydroxylation sites is 1. The zero-order valence-electron chi connectivity index (χ0n) is 23.2. The van der Waals surface area contributed by atoms with Crippen LogP contribution in [0.5, 0.6) is 0 Å². The quantitative estimate of drug-likeness (QED) is 0.379. The Morgan fingerprint density at radius 1 is 1.13 bits per heavy atom. The summed E-state index contributed by atoms with van der Waals surface area (Å²) < 4.78 is 5.36. The maximum absolute atomic E-state index is 13.8. The third-order valence-electron chi connectivity index (χ3n) is 6.32. The number of primary amides is 1. The number of hydrogen-bond acceptors (Lipinski definition) is 5. The second-order valence-corrected chi connectivity index (χ2v) is 11.1. The third-order valence-corrected chi connectivity index (χ3v) is 6.57. The van der Waals surface area contributed by atoms with Crippen LogP contribution in [0.4, 0.5) is 10.5 Å². The van der Waals surface area contributed by atoms with Crippen LogP contribution in [0.2, 0.25) is 5.02 Å². The average molecular weight is 553 g/mol. The van der Waals surface area contributed by atoms with Gasteiger partial charge in [0, 0.05) is 23.2 Å². The second-order valence-electron chi connectivity index (χ2n) is 10.6. The lowest BCUT2D eigenvalue weighted by atomic mass is 9.89. The highest BCUT2D eigenvalue weighted by molar-refractivity contribution is 6.30. The van der Waals surface area contributed by atoms with Gasteiger partial charge >= 0.3 is 6.09 Å². The third kappa shape index (κ3) is 8.17. The van der Waals surface area contributed by atoms with E-state index < -0.39 is 17.6 Å². The molecule has 0 spiro atoms. The maximum Gasteiger partial charge on any atom is 0.412 e. The van der Waals surface area contributed by atoms with E-state index >= 15 is 0 Å². The maximum atomic E-state index is 13.8. The lowest BCUT2D eigenvalue weighted by Crippen LogP contribution is -2.44. The first-order valence-electron chi connectivity index (χ1n) is 13.1. The molecule has 208 valence electrons. The highest BCUT2D eigenvalue weighted by atomic mass is 35.5. The molecule has 0 bridgehead atoms. The molecule has 1 unspecified atom stereocenters. The monoisotopic (exact) mass is 552 g/mol. The van der Waals surface area contributed by atoms with Gasteiger partial charge < -0.3 is 15.4 Å². The number of hydrogen-bond donors (Lipinski definition) is 2. The lowest BCUT2D eigenvalue weighted by molar-refractivity contribution is -0.115. The largest absolute Gasteiger partial charge is 0.444 e. The van der Waals surface area contributed by atoms with Gasteiger partial charge in [-0.3, -0.25) is 19.9 Å². The molecule has 0 radical (unpaired) electrons. The number of carbonyl (C=O) groups is 3. The molecule has 1 aliphatic rings. The molecule has 1 heterocycles. The molecular weight excluding hydrogens is 516 g/mol. The van der Waals surface area contributed by atoms with E-state index in [1.807, 2.05) is 19.1 Å². The number of amides is 3. The van der Waals surface area contributed by atoms with Crippen LogP contribution in [0.1, 0.15) is 69.8 Å². The summed E-state index contributed by atoms with van der Waals surface area (Å²) in [6, 6.07) is 14.1. The van der Waals surface area contributed by atoms with Crippen molar-refractivity contribution in [3.05, 3.63) is 76.0 Å². The van der Waals surface area contributed by atoms with Gasteiger partial charge in [-0.25, -0.2) is 4.79 Å². The average Bonchev–Trinajstić information content (AvgIpc) is 2.86. The first-order valence-corrected chi connectivity index (χ1v) is 13.5. The summed E-state index contributed by atoms with van der Waals surface area (Å²) in [4.78, 5) is 45.3. The molecule has 3 N–H and O–H groups in total. The fourth-order valence-corrected chi connectivity index (χ4v) is 4.56. The number of carbonyl (C=O) groups excluding carboxylic acids is 3. The van der Waals surface area contributed by atoms with Crippen molar-refractivity contribution in [2.45, 2.75) is 59.5 Å². The van der Waals surface area contributed by atoms with E-state index in [4.69, 9.17) is 27.1 Å². The Kier molecular flexibility index (Phi) is 9.92. The summed E-state index contributed by atoms with van der Waals surface area (Å²) in [5.41, 5.74) is 8.31. The number of aliphatic imine (C=N–C) groups is 1. The van der Waals surface area contributed by atoms with Gasteiger partial charge in [-0.05, 0) is 63.9 Å². The summed E-state index contributed by atoms with van der Waals surface area (Å²) in [5, 5.41) is 3.30. The molecule has 2 aromatic carbocycles. The van der Waals surface area contributed by atoms with E-state index in [-0.39, 0.29) is 18.4 Å². The molecule has 0 aliphatic carbocycles. The molecule has 2 aromatic rings. The van der Waals surface area contributed by atoms with Crippen LogP contribution in [0.25, 0.3) is 0 Å². The first-order chi connectivity index (χ1) is 18.4. The minimum absolute atomic E-state index is 0.0181. The molecule has 0 saturated carbocycles. The van der Waals surface area contributed by atoms with Crippen LogP contribution in [-0.4, -0.2) is 47.2 Å². The number of nitrogens with one attached hydrogen (secondary N) is 1. The second kappa shape index (κ2) is 12.9. The topological polar surface area (TPSA) is 114 Å². The molecule has 3 rings (SSSR count). The fraction of sp³-hybridized carbons (Fsp3) is 0.400. The standard InChI is InChI=1S/C30H37ClN4O4/c1-6-7-10-21-17-35(28(37)23-11-8-9-12-25(23)34-29(38)39-30(3,4)5)18-24(27(32)36)26(21)33-19(2)20-13-15-22(31)16-14-20/h8-9,11-16,21H,6-7,10,17-18H2,1-5H3,(H2,32,36)(H,34,38). The summed E-state index contributed by atoms with van der Waals surface area (Å²) in [6.45, 7) is 9.64. The minimum atomic E-state index is -0.690. The number of ether oxygens (including phenoxy) is 1. The van der Waals surface area contributed by atoms with E-state index in [0.29, 0.717) is 34.1 Å². The molecule has 1 atom stereocenters. The van der Waals surface area contributed by atoms with Crippen molar-refractivity contribution in [1.82, 2.24) is 4.90 Å². The van der Waals surface area contributed by atoms with Gasteiger partial charge in [0.1, 0.15) is 5.60 Å². The van der Waals surface area contributed by atoms with Crippen LogP contribution in [-0.2, 0) is 9.53 Å². The van der Waals surface area contributed by atoms with E-state index in [9.17, 15) is 14.4 Å². The normalized spacial score (nSPS) is 16.2. The Bertz CT molecular complexity index is 1280. The predicted octanol–water partition coefficient (Wildman–Crippen LogP) is 6.20. The Hall–Kier alpha value is -3.65. The van der Waals surface area contributed by atoms with Gasteiger partial charge in [0.2, 0.25) is 5.91 Å². The van der Waals surface area contributed by atoms with Crippen molar-refractivity contribution in [3.8, 4) is 0 Å². The van der Waals surface area contributed by atoms with Gasteiger partial charge in [0.05, 0.1) is 29.1 Å². The number of nitrogens with two attached hydrogens (primary N) is 1. The molecule has 9 heteroatoms. The SMILES string of the molecule is CCCCC1CN(C(=O)c2ccccc2NC(=O)OC(C)(C)C)CC(C(N)=O)=C1N=C(C)c1ccc(Cl)cc1. The van der Waals surface area contributed by atoms with Crippen molar-refractivity contribution < 1.29 is 19.1 Å².